The lowest BCUT2D eigenvalue weighted by molar-refractivity contribution is -0.122. The maximum Gasteiger partial charge on any atom is 0.227 e. The Bertz CT molecular complexity index is 819. The zero-order valence-electron chi connectivity index (χ0n) is 12.3. The lowest BCUT2D eigenvalue weighted by Gasteiger charge is -2.11. The zero-order valence-corrected chi connectivity index (χ0v) is 13.8. The van der Waals surface area contributed by atoms with E-state index in [1.54, 1.807) is 6.07 Å². The maximum atomic E-state index is 12.2. The van der Waals surface area contributed by atoms with E-state index >= 15 is 0 Å². The first-order valence-corrected chi connectivity index (χ1v) is 7.88. The van der Waals surface area contributed by atoms with Gasteiger partial charge in [0.2, 0.25) is 5.91 Å². The fourth-order valence-corrected chi connectivity index (χ4v) is 3.57. The van der Waals surface area contributed by atoms with E-state index in [9.17, 15) is 4.79 Å². The van der Waals surface area contributed by atoms with Crippen LogP contribution >= 0.6 is 23.2 Å². The number of benzene rings is 1. The van der Waals surface area contributed by atoms with Gasteiger partial charge in [0.05, 0.1) is 34.0 Å². The van der Waals surface area contributed by atoms with Crippen LogP contribution in [0.4, 0.5) is 0 Å². The number of nitrogens with one attached hydrogen (secondary N) is 2. The van der Waals surface area contributed by atoms with E-state index in [-0.39, 0.29) is 24.2 Å². The fraction of sp³-hybridized carbons (Fsp3) is 0.375. The molecule has 1 amide bonds. The van der Waals surface area contributed by atoms with Crippen molar-refractivity contribution in [1.29, 1.82) is 5.26 Å². The van der Waals surface area contributed by atoms with Gasteiger partial charge in [0, 0.05) is 23.5 Å². The first-order chi connectivity index (χ1) is 10.5. The van der Waals surface area contributed by atoms with Crippen molar-refractivity contribution in [3.63, 3.8) is 0 Å². The van der Waals surface area contributed by atoms with Crippen LogP contribution in [0.5, 0.6) is 0 Å². The van der Waals surface area contributed by atoms with E-state index in [2.05, 4.69) is 16.4 Å². The summed E-state index contributed by atoms with van der Waals surface area (Å²) in [5, 5.41) is 13.7. The highest BCUT2D eigenvalue weighted by atomic mass is 35.5. The number of amides is 1. The minimum atomic E-state index is -0.302. The van der Waals surface area contributed by atoms with Gasteiger partial charge in [-0.1, -0.05) is 30.1 Å². The van der Waals surface area contributed by atoms with Crippen molar-refractivity contribution in [1.82, 2.24) is 10.3 Å². The lowest BCUT2D eigenvalue weighted by atomic mass is 9.91. The molecule has 0 bridgehead atoms. The average Bonchev–Trinajstić information content (AvgIpc) is 2.85. The average molecular weight is 336 g/mol. The number of nitrogens with zero attached hydrogens (tertiary/aromatic N) is 1. The molecule has 1 aliphatic heterocycles. The molecule has 0 saturated carbocycles. The van der Waals surface area contributed by atoms with Crippen molar-refractivity contribution in [2.24, 2.45) is 0 Å². The fourth-order valence-electron chi connectivity index (χ4n) is 3.14. The molecule has 6 heteroatoms. The van der Waals surface area contributed by atoms with E-state index in [4.69, 9.17) is 28.5 Å². The number of fused-ring (bicyclic) bond motifs is 3. The van der Waals surface area contributed by atoms with E-state index in [0.717, 1.165) is 27.7 Å². The van der Waals surface area contributed by atoms with Crippen molar-refractivity contribution in [2.75, 3.05) is 6.54 Å². The summed E-state index contributed by atoms with van der Waals surface area (Å²) in [6, 6.07) is 3.88. The molecular formula is C16H15Cl2N3O. The third kappa shape index (κ3) is 2.16. The molecule has 2 heterocycles. The van der Waals surface area contributed by atoms with Crippen LogP contribution in [0, 0.1) is 11.3 Å². The molecule has 2 atom stereocenters. The van der Waals surface area contributed by atoms with Crippen LogP contribution in [0.1, 0.15) is 42.5 Å². The predicted octanol–water partition coefficient (Wildman–Crippen LogP) is 3.88. The number of aromatic nitrogens is 1. The number of nitriles is 1. The standard InChI is InChI=1S/C16H15Cl2N3O/c1-7-6-20-16(22)8(2)11-12-9(3-4-19)5-10(17)13(18)15(12)21-14(7)11/h5,7-8,21H,3,6H2,1-2H3,(H,20,22). The van der Waals surface area contributed by atoms with E-state index in [1.165, 1.54) is 0 Å². The number of carbonyl (C=O) groups excluding carboxylic acids is 1. The Morgan fingerprint density at radius 2 is 2.14 bits per heavy atom. The number of carbonyl (C=O) groups is 1. The van der Waals surface area contributed by atoms with Crippen molar-refractivity contribution in [3.8, 4) is 6.07 Å². The second kappa shape index (κ2) is 5.49. The Morgan fingerprint density at radius 3 is 2.82 bits per heavy atom. The molecule has 2 aromatic rings. The molecular weight excluding hydrogens is 321 g/mol. The number of hydrogen-bond donors (Lipinski definition) is 2. The van der Waals surface area contributed by atoms with Gasteiger partial charge in [-0.2, -0.15) is 5.26 Å². The molecule has 114 valence electrons. The van der Waals surface area contributed by atoms with Crippen LogP contribution < -0.4 is 5.32 Å². The largest absolute Gasteiger partial charge is 0.357 e. The molecule has 22 heavy (non-hydrogen) atoms. The van der Waals surface area contributed by atoms with Crippen LogP contribution in [-0.4, -0.2) is 17.4 Å². The lowest BCUT2D eigenvalue weighted by Crippen LogP contribution is -2.27. The van der Waals surface area contributed by atoms with Crippen LogP contribution in [0.25, 0.3) is 10.9 Å². The molecule has 0 saturated heterocycles. The minimum absolute atomic E-state index is 0.0134. The molecule has 1 aliphatic rings. The van der Waals surface area contributed by atoms with Gasteiger partial charge >= 0.3 is 0 Å². The molecule has 3 rings (SSSR count). The summed E-state index contributed by atoms with van der Waals surface area (Å²) in [7, 11) is 0. The topological polar surface area (TPSA) is 68.7 Å². The van der Waals surface area contributed by atoms with Crippen molar-refractivity contribution < 1.29 is 4.79 Å². The van der Waals surface area contributed by atoms with Crippen molar-refractivity contribution in [2.45, 2.75) is 32.1 Å². The summed E-state index contributed by atoms with van der Waals surface area (Å²) in [5.41, 5.74) is 3.45. The molecule has 2 unspecified atom stereocenters. The van der Waals surface area contributed by atoms with Gasteiger partial charge in [-0.05, 0) is 24.1 Å². The molecule has 1 aromatic carbocycles. The molecule has 0 aliphatic carbocycles. The van der Waals surface area contributed by atoms with Crippen molar-refractivity contribution in [3.05, 3.63) is 32.9 Å². The van der Waals surface area contributed by atoms with E-state index in [0.29, 0.717) is 16.6 Å². The van der Waals surface area contributed by atoms with Gasteiger partial charge in [0.1, 0.15) is 0 Å². The third-order valence-corrected chi connectivity index (χ3v) is 5.08. The van der Waals surface area contributed by atoms with Gasteiger partial charge in [0.25, 0.3) is 0 Å². The smallest absolute Gasteiger partial charge is 0.227 e. The second-order valence-electron chi connectivity index (χ2n) is 5.74. The molecule has 0 fully saturated rings. The first-order valence-electron chi connectivity index (χ1n) is 7.12. The number of rotatable bonds is 1. The number of H-pyrrole nitrogens is 1. The van der Waals surface area contributed by atoms with E-state index < -0.39 is 0 Å². The van der Waals surface area contributed by atoms with E-state index in [1.807, 2.05) is 13.8 Å². The van der Waals surface area contributed by atoms with Gasteiger partial charge in [-0.15, -0.1) is 0 Å². The molecule has 4 nitrogen and oxygen atoms in total. The Morgan fingerprint density at radius 1 is 1.41 bits per heavy atom. The highest BCUT2D eigenvalue weighted by Gasteiger charge is 2.31. The second-order valence-corrected chi connectivity index (χ2v) is 6.52. The zero-order chi connectivity index (χ0) is 16.0. The van der Waals surface area contributed by atoms with Gasteiger partial charge in [0.15, 0.2) is 0 Å². The normalized spacial score (nSPS) is 21.1. The summed E-state index contributed by atoms with van der Waals surface area (Å²) in [6.45, 7) is 4.49. The molecule has 1 aromatic heterocycles. The monoisotopic (exact) mass is 335 g/mol. The summed E-state index contributed by atoms with van der Waals surface area (Å²) in [5.74, 6) is -0.176. The van der Waals surface area contributed by atoms with Gasteiger partial charge in [-0.3, -0.25) is 4.79 Å². The summed E-state index contributed by atoms with van der Waals surface area (Å²) in [6.07, 6.45) is 0.223. The van der Waals surface area contributed by atoms with Crippen LogP contribution in [0.2, 0.25) is 10.0 Å². The predicted molar refractivity (Wildman–Crippen MR) is 87.5 cm³/mol. The summed E-state index contributed by atoms with van der Waals surface area (Å²) < 4.78 is 0. The van der Waals surface area contributed by atoms with Crippen LogP contribution in [-0.2, 0) is 11.2 Å². The Labute approximate surface area is 138 Å². The minimum Gasteiger partial charge on any atom is -0.357 e. The Kier molecular flexibility index (Phi) is 3.80. The Hall–Kier alpha value is -1.70. The highest BCUT2D eigenvalue weighted by molar-refractivity contribution is 6.45. The Balaban J connectivity index is 2.43. The van der Waals surface area contributed by atoms with Gasteiger partial charge in [-0.25, -0.2) is 0 Å². The maximum absolute atomic E-state index is 12.2. The molecule has 0 radical (unpaired) electrons. The van der Waals surface area contributed by atoms with Gasteiger partial charge < -0.3 is 10.3 Å². The van der Waals surface area contributed by atoms with Crippen LogP contribution in [0.15, 0.2) is 6.07 Å². The molecule has 2 N–H and O–H groups in total. The van der Waals surface area contributed by atoms with Crippen molar-refractivity contribution >= 4 is 40.0 Å². The number of hydrogen-bond acceptors (Lipinski definition) is 2. The van der Waals surface area contributed by atoms with Crippen LogP contribution in [0.3, 0.4) is 0 Å². The number of halogens is 2. The quantitative estimate of drug-likeness (QED) is 0.830. The summed E-state index contributed by atoms with van der Waals surface area (Å²) in [4.78, 5) is 15.6. The highest BCUT2D eigenvalue weighted by Crippen LogP contribution is 2.42. The summed E-state index contributed by atoms with van der Waals surface area (Å²) >= 11 is 12.5. The SMILES string of the molecule is CC1CNC(=O)C(C)c2c1[nH]c1c(Cl)c(Cl)cc(CC#N)c21. The first kappa shape index (κ1) is 15.2. The third-order valence-electron chi connectivity index (χ3n) is 4.29. The number of aromatic amines is 1. The molecule has 0 spiro atoms.